The van der Waals surface area contributed by atoms with Crippen molar-refractivity contribution in [1.29, 1.82) is 0 Å². The van der Waals surface area contributed by atoms with Gasteiger partial charge in [-0.05, 0) is 0 Å². The number of rotatable bonds is 4. The summed E-state index contributed by atoms with van der Waals surface area (Å²) in [6, 6.07) is -0.640. The fourth-order valence-electron chi connectivity index (χ4n) is 2.07. The topological polar surface area (TPSA) is 151 Å². The Labute approximate surface area is 170 Å². The van der Waals surface area contributed by atoms with Gasteiger partial charge in [-0.3, -0.25) is 15.0 Å². The van der Waals surface area contributed by atoms with Crippen molar-refractivity contribution >= 4 is 19.8 Å². The number of phosphoric acid groups is 1. The molecule has 0 aromatic heterocycles. The molecule has 2 saturated heterocycles. The fourth-order valence-corrected chi connectivity index (χ4v) is 2.40. The van der Waals surface area contributed by atoms with Gasteiger partial charge >= 0.3 is 65.1 Å². The first kappa shape index (κ1) is 23.0. The van der Waals surface area contributed by atoms with E-state index in [9.17, 15) is 29.0 Å². The molecule has 0 spiro atoms. The molecule has 0 bridgehead atoms. The third-order valence-electron chi connectivity index (χ3n) is 3.04. The molecule has 13 heteroatoms. The van der Waals surface area contributed by atoms with Crippen LogP contribution in [0.5, 0.6) is 0 Å². The van der Waals surface area contributed by atoms with Crippen molar-refractivity contribution in [2.75, 3.05) is 13.2 Å². The molecule has 3 atom stereocenters. The largest absolute Gasteiger partial charge is 1.00 e. The number of ether oxygens (including phenoxy) is 1. The molecule has 0 aromatic rings. The third-order valence-corrected chi connectivity index (χ3v) is 3.50. The third kappa shape index (κ3) is 6.46. The van der Waals surface area contributed by atoms with Gasteiger partial charge in [0.2, 0.25) is 5.91 Å². The maximum atomic E-state index is 11.6. The van der Waals surface area contributed by atoms with Gasteiger partial charge < -0.3 is 28.7 Å². The number of urea groups is 1. The van der Waals surface area contributed by atoms with Crippen LogP contribution < -0.4 is 74.2 Å². The van der Waals surface area contributed by atoms with Crippen LogP contribution in [-0.2, 0) is 18.6 Å². The van der Waals surface area contributed by atoms with E-state index in [0.29, 0.717) is 0 Å². The van der Waals surface area contributed by atoms with Gasteiger partial charge in [-0.25, -0.2) is 4.79 Å². The summed E-state index contributed by atoms with van der Waals surface area (Å²) in [4.78, 5) is 44.5. The molecule has 2 aliphatic heterocycles. The van der Waals surface area contributed by atoms with Crippen molar-refractivity contribution in [3.05, 3.63) is 0 Å². The summed E-state index contributed by atoms with van der Waals surface area (Å²) in [6.07, 6.45) is -2.75. The number of aliphatic hydroxyl groups excluding tert-OH is 1. The zero-order valence-electron chi connectivity index (χ0n) is 12.3. The van der Waals surface area contributed by atoms with Crippen molar-refractivity contribution in [2.45, 2.75) is 31.3 Å². The van der Waals surface area contributed by atoms with Crippen molar-refractivity contribution in [3.63, 3.8) is 0 Å². The number of imide groups is 1. The standard InChI is InChI=1S/C9H15N2O8P.2Na/c12-5-3-8(11-2-1-7(13)10-9(11)14)19-6(5)4-18-20(15,16)17;;/h5-6,8,12H,1-4H2,(H,10,13,14)(H2,15,16,17);;/q;2*+1/p-2/t5-,6-,8-;;/m1../s1. The van der Waals surface area contributed by atoms with E-state index in [0.717, 1.165) is 0 Å². The molecular formula is C9H13N2Na2O8P. The summed E-state index contributed by atoms with van der Waals surface area (Å²) >= 11 is 0. The van der Waals surface area contributed by atoms with E-state index >= 15 is 0 Å². The Hall–Kier alpha value is 0.970. The molecule has 10 nitrogen and oxygen atoms in total. The van der Waals surface area contributed by atoms with Crippen LogP contribution in [0.3, 0.4) is 0 Å². The maximum Gasteiger partial charge on any atom is 1.00 e. The predicted octanol–water partition coefficient (Wildman–Crippen LogP) is -8.74. The second-order valence-corrected chi connectivity index (χ2v) is 5.62. The van der Waals surface area contributed by atoms with Gasteiger partial charge in [-0.1, -0.05) is 0 Å². The van der Waals surface area contributed by atoms with Crippen LogP contribution in [0.2, 0.25) is 0 Å². The Morgan fingerprint density at radius 1 is 1.41 bits per heavy atom. The quantitative estimate of drug-likeness (QED) is 0.373. The molecule has 0 aliphatic carbocycles. The second-order valence-electron chi connectivity index (χ2n) is 4.47. The van der Waals surface area contributed by atoms with Crippen LogP contribution in [0.15, 0.2) is 0 Å². The maximum absolute atomic E-state index is 11.6. The Morgan fingerprint density at radius 2 is 2.05 bits per heavy atom. The number of hydrogen-bond acceptors (Lipinski definition) is 8. The Bertz CT molecular complexity index is 461. The first-order valence-corrected chi connectivity index (χ1v) is 7.33. The van der Waals surface area contributed by atoms with E-state index < -0.39 is 44.8 Å². The summed E-state index contributed by atoms with van der Waals surface area (Å²) in [5.74, 6) is -0.400. The van der Waals surface area contributed by atoms with Gasteiger partial charge in [0.25, 0.3) is 0 Å². The summed E-state index contributed by atoms with van der Waals surface area (Å²) in [6.45, 7) is -0.479. The predicted molar refractivity (Wildman–Crippen MR) is 57.7 cm³/mol. The molecule has 0 radical (unpaired) electrons. The van der Waals surface area contributed by atoms with Crippen molar-refractivity contribution in [1.82, 2.24) is 10.2 Å². The zero-order valence-corrected chi connectivity index (χ0v) is 17.2. The van der Waals surface area contributed by atoms with Gasteiger partial charge in [0.05, 0.1) is 20.5 Å². The van der Waals surface area contributed by atoms with E-state index in [1.165, 1.54) is 4.90 Å². The molecular weight excluding hydrogens is 341 g/mol. The summed E-state index contributed by atoms with van der Waals surface area (Å²) in [5.41, 5.74) is 0. The number of hydrogen-bond donors (Lipinski definition) is 2. The van der Waals surface area contributed by atoms with E-state index in [-0.39, 0.29) is 78.5 Å². The number of aliphatic hydroxyl groups is 1. The Kier molecular flexibility index (Phi) is 9.87. The average Bonchev–Trinajstić information content (AvgIpc) is 2.67. The van der Waals surface area contributed by atoms with Crippen LogP contribution in [0.4, 0.5) is 4.79 Å². The van der Waals surface area contributed by atoms with Gasteiger partial charge in [0.15, 0.2) is 0 Å². The van der Waals surface area contributed by atoms with Crippen molar-refractivity contribution < 1.29 is 97.4 Å². The van der Waals surface area contributed by atoms with E-state index in [1.807, 2.05) is 0 Å². The van der Waals surface area contributed by atoms with Gasteiger partial charge in [-0.2, -0.15) is 0 Å². The Morgan fingerprint density at radius 3 is 2.59 bits per heavy atom. The summed E-state index contributed by atoms with van der Waals surface area (Å²) < 4.78 is 19.7. The molecule has 114 valence electrons. The minimum Gasteiger partial charge on any atom is -0.790 e. The van der Waals surface area contributed by atoms with E-state index in [4.69, 9.17) is 4.74 Å². The fraction of sp³-hybridized carbons (Fsp3) is 0.778. The molecule has 3 amide bonds. The Balaban J connectivity index is 0.00000220. The minimum atomic E-state index is -5.15. The van der Waals surface area contributed by atoms with Crippen LogP contribution in [0, 0.1) is 0 Å². The zero-order chi connectivity index (χ0) is 14.9. The van der Waals surface area contributed by atoms with Crippen LogP contribution >= 0.6 is 7.82 Å². The number of phosphoric ester groups is 1. The summed E-state index contributed by atoms with van der Waals surface area (Å²) in [5, 5.41) is 11.8. The average molecular weight is 354 g/mol. The van der Waals surface area contributed by atoms with Crippen LogP contribution in [0.25, 0.3) is 0 Å². The molecule has 2 aliphatic rings. The van der Waals surface area contributed by atoms with Gasteiger partial charge in [0.1, 0.15) is 12.3 Å². The number of nitrogens with one attached hydrogen (secondary N) is 1. The molecule has 0 unspecified atom stereocenters. The second kappa shape index (κ2) is 9.45. The molecule has 2 fully saturated rings. The van der Waals surface area contributed by atoms with Crippen molar-refractivity contribution in [2.24, 2.45) is 0 Å². The monoisotopic (exact) mass is 354 g/mol. The summed E-state index contributed by atoms with van der Waals surface area (Å²) in [7, 11) is -5.15. The van der Waals surface area contributed by atoms with E-state index in [2.05, 4.69) is 9.84 Å². The molecule has 2 N–H and O–H groups in total. The number of carbonyl (C=O) groups excluding carboxylic acids is 2. The van der Waals surface area contributed by atoms with Crippen molar-refractivity contribution in [3.8, 4) is 0 Å². The number of amides is 3. The SMILES string of the molecule is O=C1CCN([C@H]2C[C@@H](O)[C@@H](COP(=O)([O-])[O-])O2)C(=O)N1.[Na+].[Na+]. The normalized spacial score (nSPS) is 28.7. The van der Waals surface area contributed by atoms with Crippen LogP contribution in [-0.4, -0.2) is 53.5 Å². The molecule has 0 aromatic carbocycles. The minimum absolute atomic E-state index is 0. The number of nitrogens with zero attached hydrogens (tertiary/aromatic N) is 1. The van der Waals surface area contributed by atoms with Gasteiger partial charge in [-0.15, -0.1) is 0 Å². The smallest absolute Gasteiger partial charge is 0.790 e. The van der Waals surface area contributed by atoms with Crippen LogP contribution in [0.1, 0.15) is 12.8 Å². The molecule has 0 saturated carbocycles. The first-order valence-electron chi connectivity index (χ1n) is 5.87. The van der Waals surface area contributed by atoms with Gasteiger partial charge in [0, 0.05) is 19.4 Å². The number of carbonyl (C=O) groups is 2. The first-order chi connectivity index (χ1) is 9.26. The molecule has 2 rings (SSSR count). The van der Waals surface area contributed by atoms with E-state index in [1.54, 1.807) is 0 Å². The molecule has 2 heterocycles. The molecule has 22 heavy (non-hydrogen) atoms.